The average molecular weight is 260 g/mol. The summed E-state index contributed by atoms with van der Waals surface area (Å²) in [6.07, 6.45) is 1.03. The van der Waals surface area contributed by atoms with Gasteiger partial charge in [0.1, 0.15) is 0 Å². The molecule has 0 saturated carbocycles. The first kappa shape index (κ1) is 13.1. The van der Waals surface area contributed by atoms with Gasteiger partial charge >= 0.3 is 0 Å². The average Bonchev–Trinajstić information content (AvgIpc) is 2.41. The molecule has 0 aliphatic rings. The molecule has 0 amide bonds. The van der Waals surface area contributed by atoms with Crippen LogP contribution in [0.1, 0.15) is 35.2 Å². The molecule has 2 aromatic rings. The Balaban J connectivity index is 2.34. The minimum absolute atomic E-state index is 0.0903. The van der Waals surface area contributed by atoms with Crippen molar-refractivity contribution in [2.75, 3.05) is 0 Å². The van der Waals surface area contributed by atoms with E-state index in [9.17, 15) is 0 Å². The maximum Gasteiger partial charge on any atom is 0.0551 e. The Hall–Kier alpha value is -1.31. The van der Waals surface area contributed by atoms with Gasteiger partial charge in [-0.3, -0.25) is 0 Å². The Labute approximate surface area is 114 Å². The summed E-state index contributed by atoms with van der Waals surface area (Å²) in [5.41, 5.74) is 10.9. The van der Waals surface area contributed by atoms with Crippen LogP contribution in [0.25, 0.3) is 0 Å². The highest BCUT2D eigenvalue weighted by Gasteiger charge is 2.10. The molecule has 2 heteroatoms. The lowest BCUT2D eigenvalue weighted by Crippen LogP contribution is -2.12. The van der Waals surface area contributed by atoms with Gasteiger partial charge in [-0.05, 0) is 41.7 Å². The Kier molecular flexibility index (Phi) is 4.05. The van der Waals surface area contributed by atoms with Crippen LogP contribution in [0, 0.1) is 6.92 Å². The van der Waals surface area contributed by atoms with Crippen molar-refractivity contribution < 1.29 is 0 Å². The summed E-state index contributed by atoms with van der Waals surface area (Å²) >= 11 is 6.04. The maximum atomic E-state index is 6.32. The zero-order valence-electron chi connectivity index (χ0n) is 10.8. The molecule has 0 heterocycles. The van der Waals surface area contributed by atoms with Crippen LogP contribution < -0.4 is 5.73 Å². The molecule has 0 fully saturated rings. The molecule has 1 atom stereocenters. The number of halogens is 1. The number of hydrogen-bond donors (Lipinski definition) is 1. The SMILES string of the molecule is CCc1cccc(C(N)c2ccc(Cl)c(C)c2)c1. The van der Waals surface area contributed by atoms with Crippen molar-refractivity contribution in [3.05, 3.63) is 69.7 Å². The Bertz CT molecular complexity index is 549. The van der Waals surface area contributed by atoms with E-state index in [0.717, 1.165) is 28.1 Å². The molecule has 0 aliphatic carbocycles. The van der Waals surface area contributed by atoms with Gasteiger partial charge < -0.3 is 5.73 Å². The van der Waals surface area contributed by atoms with Crippen LogP contribution in [0.15, 0.2) is 42.5 Å². The fraction of sp³-hybridized carbons (Fsp3) is 0.250. The number of benzene rings is 2. The van der Waals surface area contributed by atoms with Crippen molar-refractivity contribution in [1.29, 1.82) is 0 Å². The van der Waals surface area contributed by atoms with Gasteiger partial charge in [0.2, 0.25) is 0 Å². The van der Waals surface area contributed by atoms with E-state index < -0.39 is 0 Å². The van der Waals surface area contributed by atoms with E-state index in [1.54, 1.807) is 0 Å². The molecule has 0 aliphatic heterocycles. The van der Waals surface area contributed by atoms with Crippen LogP contribution in [0.5, 0.6) is 0 Å². The number of rotatable bonds is 3. The molecule has 2 aromatic carbocycles. The zero-order chi connectivity index (χ0) is 13.1. The van der Waals surface area contributed by atoms with E-state index in [4.69, 9.17) is 17.3 Å². The predicted octanol–water partition coefficient (Wildman–Crippen LogP) is 4.26. The van der Waals surface area contributed by atoms with Gasteiger partial charge in [-0.2, -0.15) is 0 Å². The molecular weight excluding hydrogens is 242 g/mol. The molecule has 18 heavy (non-hydrogen) atoms. The normalized spacial score (nSPS) is 12.4. The Morgan fingerprint density at radius 2 is 1.83 bits per heavy atom. The van der Waals surface area contributed by atoms with Crippen molar-refractivity contribution in [2.24, 2.45) is 5.73 Å². The molecule has 1 unspecified atom stereocenters. The van der Waals surface area contributed by atoms with Gasteiger partial charge in [-0.25, -0.2) is 0 Å². The largest absolute Gasteiger partial charge is 0.320 e. The van der Waals surface area contributed by atoms with Crippen molar-refractivity contribution in [3.8, 4) is 0 Å². The van der Waals surface area contributed by atoms with Gasteiger partial charge in [0, 0.05) is 5.02 Å². The minimum atomic E-state index is -0.0903. The third-order valence-corrected chi connectivity index (χ3v) is 3.68. The van der Waals surface area contributed by atoms with E-state index in [2.05, 4.69) is 37.3 Å². The van der Waals surface area contributed by atoms with Crippen LogP contribution in [-0.4, -0.2) is 0 Å². The zero-order valence-corrected chi connectivity index (χ0v) is 11.5. The lowest BCUT2D eigenvalue weighted by atomic mass is 9.96. The summed E-state index contributed by atoms with van der Waals surface area (Å²) in [6, 6.07) is 14.3. The lowest BCUT2D eigenvalue weighted by Gasteiger charge is -2.14. The molecule has 0 radical (unpaired) electrons. The smallest absolute Gasteiger partial charge is 0.0551 e. The maximum absolute atomic E-state index is 6.32. The summed E-state index contributed by atoms with van der Waals surface area (Å²) in [5.74, 6) is 0. The van der Waals surface area contributed by atoms with Crippen molar-refractivity contribution in [1.82, 2.24) is 0 Å². The quantitative estimate of drug-likeness (QED) is 0.876. The molecule has 94 valence electrons. The summed E-state index contributed by atoms with van der Waals surface area (Å²) in [7, 11) is 0. The van der Waals surface area contributed by atoms with Crippen LogP contribution in [0.4, 0.5) is 0 Å². The second kappa shape index (κ2) is 5.55. The first-order valence-electron chi connectivity index (χ1n) is 6.22. The fourth-order valence-electron chi connectivity index (χ4n) is 2.06. The third-order valence-electron chi connectivity index (χ3n) is 3.26. The van der Waals surface area contributed by atoms with E-state index >= 15 is 0 Å². The Morgan fingerprint density at radius 3 is 2.50 bits per heavy atom. The molecule has 2 N–H and O–H groups in total. The first-order valence-corrected chi connectivity index (χ1v) is 6.60. The van der Waals surface area contributed by atoms with Crippen LogP contribution in [0.3, 0.4) is 0 Å². The lowest BCUT2D eigenvalue weighted by molar-refractivity contribution is 0.865. The first-order chi connectivity index (χ1) is 8.61. The molecule has 0 aromatic heterocycles. The highest BCUT2D eigenvalue weighted by atomic mass is 35.5. The molecule has 2 rings (SSSR count). The summed E-state index contributed by atoms with van der Waals surface area (Å²) < 4.78 is 0. The minimum Gasteiger partial charge on any atom is -0.320 e. The van der Waals surface area contributed by atoms with Gasteiger partial charge in [0.05, 0.1) is 6.04 Å². The summed E-state index contributed by atoms with van der Waals surface area (Å²) in [4.78, 5) is 0. The van der Waals surface area contributed by atoms with Crippen molar-refractivity contribution >= 4 is 11.6 Å². The second-order valence-corrected chi connectivity index (χ2v) is 4.99. The molecule has 0 saturated heterocycles. The Morgan fingerprint density at radius 1 is 1.11 bits per heavy atom. The molecule has 0 bridgehead atoms. The van der Waals surface area contributed by atoms with Crippen molar-refractivity contribution in [2.45, 2.75) is 26.3 Å². The standard InChI is InChI=1S/C16H18ClN/c1-3-12-5-4-6-13(10-12)16(18)14-7-8-15(17)11(2)9-14/h4-10,16H,3,18H2,1-2H3. The van der Waals surface area contributed by atoms with Gasteiger partial charge in [0.25, 0.3) is 0 Å². The van der Waals surface area contributed by atoms with E-state index in [1.165, 1.54) is 5.56 Å². The number of aryl methyl sites for hydroxylation is 2. The van der Waals surface area contributed by atoms with E-state index in [-0.39, 0.29) is 6.04 Å². The number of nitrogens with two attached hydrogens (primary N) is 1. The van der Waals surface area contributed by atoms with E-state index in [1.807, 2.05) is 19.1 Å². The van der Waals surface area contributed by atoms with Crippen LogP contribution in [0.2, 0.25) is 5.02 Å². The highest BCUT2D eigenvalue weighted by molar-refractivity contribution is 6.31. The molecule has 1 nitrogen and oxygen atoms in total. The van der Waals surface area contributed by atoms with Crippen LogP contribution >= 0.6 is 11.6 Å². The monoisotopic (exact) mass is 259 g/mol. The van der Waals surface area contributed by atoms with E-state index in [0.29, 0.717) is 0 Å². The van der Waals surface area contributed by atoms with Gasteiger partial charge in [-0.15, -0.1) is 0 Å². The number of hydrogen-bond acceptors (Lipinski definition) is 1. The highest BCUT2D eigenvalue weighted by Crippen LogP contribution is 2.24. The van der Waals surface area contributed by atoms with Gasteiger partial charge in [-0.1, -0.05) is 54.9 Å². The third kappa shape index (κ3) is 2.74. The van der Waals surface area contributed by atoms with Crippen LogP contribution in [-0.2, 0) is 6.42 Å². The predicted molar refractivity (Wildman–Crippen MR) is 78.0 cm³/mol. The fourth-order valence-corrected chi connectivity index (χ4v) is 2.18. The van der Waals surface area contributed by atoms with Crippen molar-refractivity contribution in [3.63, 3.8) is 0 Å². The summed E-state index contributed by atoms with van der Waals surface area (Å²) in [5, 5.41) is 0.785. The van der Waals surface area contributed by atoms with Gasteiger partial charge in [0.15, 0.2) is 0 Å². The summed E-state index contributed by atoms with van der Waals surface area (Å²) in [6.45, 7) is 4.15. The second-order valence-electron chi connectivity index (χ2n) is 4.58. The molecular formula is C16H18ClN. The topological polar surface area (TPSA) is 26.0 Å². The molecule has 0 spiro atoms.